The second kappa shape index (κ2) is 9.50. The van der Waals surface area contributed by atoms with Crippen molar-refractivity contribution in [1.29, 1.82) is 0 Å². The lowest BCUT2D eigenvalue weighted by atomic mass is 9.75. The Kier molecular flexibility index (Phi) is 6.02. The molecule has 7 nitrogen and oxygen atoms in total. The van der Waals surface area contributed by atoms with Crippen molar-refractivity contribution in [3.63, 3.8) is 0 Å². The van der Waals surface area contributed by atoms with Crippen molar-refractivity contribution >= 4 is 11.9 Å². The van der Waals surface area contributed by atoms with E-state index in [0.29, 0.717) is 13.0 Å². The SMILES string of the molecule is O=C(O)C1=C(C2CCCO2)OC[C@@H]2[C@H](NC(c3ccccc3)(c3ccccc3)c3ccccc3)C(=O)N12. The predicted octanol–water partition coefficient (Wildman–Crippen LogP) is 3.65. The lowest BCUT2D eigenvalue weighted by molar-refractivity contribution is -0.161. The molecule has 0 aliphatic carbocycles. The van der Waals surface area contributed by atoms with Gasteiger partial charge in [0, 0.05) is 6.61 Å². The van der Waals surface area contributed by atoms with Crippen LogP contribution < -0.4 is 5.32 Å². The van der Waals surface area contributed by atoms with Gasteiger partial charge in [-0.2, -0.15) is 0 Å². The molecule has 1 unspecified atom stereocenters. The summed E-state index contributed by atoms with van der Waals surface area (Å²) >= 11 is 0. The van der Waals surface area contributed by atoms with Crippen LogP contribution in [0.5, 0.6) is 0 Å². The number of nitrogens with one attached hydrogen (secondary N) is 1. The van der Waals surface area contributed by atoms with Crippen LogP contribution in [-0.4, -0.2) is 53.3 Å². The summed E-state index contributed by atoms with van der Waals surface area (Å²) in [4.78, 5) is 27.4. The van der Waals surface area contributed by atoms with Crippen molar-refractivity contribution in [3.05, 3.63) is 119 Å². The topological polar surface area (TPSA) is 88.1 Å². The molecule has 3 heterocycles. The van der Waals surface area contributed by atoms with Crippen molar-refractivity contribution in [2.24, 2.45) is 0 Å². The molecule has 3 atom stereocenters. The number of nitrogens with zero attached hydrogens (tertiary/aromatic N) is 1. The Balaban J connectivity index is 1.44. The van der Waals surface area contributed by atoms with Crippen molar-refractivity contribution in [1.82, 2.24) is 10.2 Å². The first-order chi connectivity index (χ1) is 18.1. The number of fused-ring (bicyclic) bond motifs is 1. The monoisotopic (exact) mass is 496 g/mol. The van der Waals surface area contributed by atoms with Crippen molar-refractivity contribution in [2.75, 3.05) is 13.2 Å². The molecule has 0 spiro atoms. The van der Waals surface area contributed by atoms with Crippen LogP contribution in [0.25, 0.3) is 0 Å². The molecule has 1 amide bonds. The summed E-state index contributed by atoms with van der Waals surface area (Å²) in [5, 5.41) is 13.7. The molecule has 3 aromatic carbocycles. The third kappa shape index (κ3) is 3.82. The standard InChI is InChI=1S/C30H28N2O5/c33-28-25(23-19-37-27(24-17-10-18-36-24)26(29(34)35)32(23)28)31-30(20-11-4-1-5-12-20,21-13-6-2-7-14-21)22-15-8-3-9-16-22/h1-9,11-16,23-25,31H,10,17-19H2,(H,34,35)/t23-,24?,25+/m1/s1. The van der Waals surface area contributed by atoms with Gasteiger partial charge in [0.15, 0.2) is 11.5 Å². The minimum absolute atomic E-state index is 0.101. The number of β-lactam (4-membered cyclic amide) rings is 1. The number of carboxylic acid groups (broad SMARTS) is 1. The molecule has 6 rings (SSSR count). The molecule has 3 aliphatic rings. The van der Waals surface area contributed by atoms with E-state index in [-0.39, 0.29) is 24.0 Å². The molecule has 2 fully saturated rings. The van der Waals surface area contributed by atoms with Gasteiger partial charge in [-0.25, -0.2) is 4.79 Å². The van der Waals surface area contributed by atoms with Gasteiger partial charge in [0.25, 0.3) is 0 Å². The zero-order valence-electron chi connectivity index (χ0n) is 20.2. The number of carboxylic acids is 1. The molecule has 3 aromatic rings. The quantitative estimate of drug-likeness (QED) is 0.384. The van der Waals surface area contributed by atoms with Crippen LogP contribution in [0.2, 0.25) is 0 Å². The lowest BCUT2D eigenvalue weighted by Gasteiger charge is -2.53. The van der Waals surface area contributed by atoms with E-state index in [1.54, 1.807) is 0 Å². The van der Waals surface area contributed by atoms with E-state index < -0.39 is 29.7 Å². The van der Waals surface area contributed by atoms with E-state index in [1.807, 2.05) is 91.0 Å². The summed E-state index contributed by atoms with van der Waals surface area (Å²) < 4.78 is 11.7. The summed E-state index contributed by atoms with van der Waals surface area (Å²) in [6, 6.07) is 28.9. The second-order valence-corrected chi connectivity index (χ2v) is 9.58. The van der Waals surface area contributed by atoms with Crippen LogP contribution in [0.1, 0.15) is 29.5 Å². The highest BCUT2D eigenvalue weighted by Gasteiger charge is 2.57. The van der Waals surface area contributed by atoms with Crippen molar-refractivity contribution in [2.45, 2.75) is 36.6 Å². The van der Waals surface area contributed by atoms with Gasteiger partial charge in [0.2, 0.25) is 5.91 Å². The smallest absolute Gasteiger partial charge is 0.356 e. The van der Waals surface area contributed by atoms with Gasteiger partial charge >= 0.3 is 5.97 Å². The maximum Gasteiger partial charge on any atom is 0.356 e. The molecule has 7 heteroatoms. The highest BCUT2D eigenvalue weighted by atomic mass is 16.5. The average molecular weight is 497 g/mol. The summed E-state index contributed by atoms with van der Waals surface area (Å²) in [5.74, 6) is -1.20. The Morgan fingerprint density at radius 3 is 1.89 bits per heavy atom. The first kappa shape index (κ1) is 23.5. The number of carbonyl (C=O) groups excluding carboxylic acids is 1. The summed E-state index contributed by atoms with van der Waals surface area (Å²) in [6.07, 6.45) is 1.09. The fourth-order valence-corrected chi connectivity index (χ4v) is 5.80. The first-order valence-electron chi connectivity index (χ1n) is 12.6. The Morgan fingerprint density at radius 1 is 0.892 bits per heavy atom. The van der Waals surface area contributed by atoms with Crippen LogP contribution in [0, 0.1) is 0 Å². The highest BCUT2D eigenvalue weighted by molar-refractivity contribution is 6.00. The van der Waals surface area contributed by atoms with Crippen LogP contribution in [0.3, 0.4) is 0 Å². The molecule has 2 saturated heterocycles. The Hall–Kier alpha value is -3.94. The molecular weight excluding hydrogens is 468 g/mol. The van der Waals surface area contributed by atoms with Crippen LogP contribution in [0.15, 0.2) is 102 Å². The van der Waals surface area contributed by atoms with Gasteiger partial charge in [0.05, 0.1) is 11.6 Å². The number of ether oxygens (including phenoxy) is 2. The van der Waals surface area contributed by atoms with E-state index >= 15 is 0 Å². The van der Waals surface area contributed by atoms with E-state index in [0.717, 1.165) is 23.1 Å². The number of aliphatic carboxylic acids is 1. The fraction of sp³-hybridized carbons (Fsp3) is 0.267. The first-order valence-corrected chi connectivity index (χ1v) is 12.6. The number of rotatable bonds is 7. The normalized spacial score (nSPS) is 23.3. The molecule has 0 aromatic heterocycles. The summed E-state index contributed by atoms with van der Waals surface area (Å²) in [6.45, 7) is 0.754. The van der Waals surface area contributed by atoms with E-state index in [4.69, 9.17) is 9.47 Å². The number of hydrogen-bond donors (Lipinski definition) is 2. The third-order valence-electron chi connectivity index (χ3n) is 7.52. The van der Waals surface area contributed by atoms with E-state index in [9.17, 15) is 14.7 Å². The van der Waals surface area contributed by atoms with Gasteiger partial charge in [-0.3, -0.25) is 15.0 Å². The molecule has 37 heavy (non-hydrogen) atoms. The largest absolute Gasteiger partial charge is 0.490 e. The van der Waals surface area contributed by atoms with Crippen LogP contribution in [0.4, 0.5) is 0 Å². The number of hydrogen-bond acceptors (Lipinski definition) is 5. The zero-order chi connectivity index (χ0) is 25.4. The van der Waals surface area contributed by atoms with E-state index in [2.05, 4.69) is 5.32 Å². The minimum Gasteiger partial charge on any atom is -0.490 e. The minimum atomic E-state index is -1.18. The van der Waals surface area contributed by atoms with Crippen molar-refractivity contribution in [3.8, 4) is 0 Å². The van der Waals surface area contributed by atoms with Gasteiger partial charge in [-0.05, 0) is 29.5 Å². The summed E-state index contributed by atoms with van der Waals surface area (Å²) in [5.41, 5.74) is 1.98. The number of benzene rings is 3. The van der Waals surface area contributed by atoms with Crippen molar-refractivity contribution < 1.29 is 24.2 Å². The molecule has 3 aliphatic heterocycles. The van der Waals surface area contributed by atoms with E-state index in [1.165, 1.54) is 4.90 Å². The van der Waals surface area contributed by atoms with Gasteiger partial charge in [-0.1, -0.05) is 91.0 Å². The Labute approximate surface area is 215 Å². The Bertz CT molecular complexity index is 1220. The van der Waals surface area contributed by atoms with Gasteiger partial charge < -0.3 is 14.6 Å². The fourth-order valence-electron chi connectivity index (χ4n) is 5.80. The lowest BCUT2D eigenvalue weighted by Crippen LogP contribution is -2.75. The molecule has 0 saturated carbocycles. The van der Waals surface area contributed by atoms with Gasteiger partial charge in [0.1, 0.15) is 18.8 Å². The molecule has 188 valence electrons. The highest BCUT2D eigenvalue weighted by Crippen LogP contribution is 2.42. The molecular formula is C30H28N2O5. The predicted molar refractivity (Wildman–Crippen MR) is 136 cm³/mol. The molecule has 0 radical (unpaired) electrons. The Morgan fingerprint density at radius 2 is 1.43 bits per heavy atom. The maximum atomic E-state index is 13.7. The average Bonchev–Trinajstić information content (AvgIpc) is 3.49. The molecule has 2 N–H and O–H groups in total. The van der Waals surface area contributed by atoms with Crippen LogP contribution >= 0.6 is 0 Å². The summed E-state index contributed by atoms with van der Waals surface area (Å²) in [7, 11) is 0. The number of amides is 1. The second-order valence-electron chi connectivity index (χ2n) is 9.58. The van der Waals surface area contributed by atoms with Gasteiger partial charge in [-0.15, -0.1) is 0 Å². The zero-order valence-corrected chi connectivity index (χ0v) is 20.2. The van der Waals surface area contributed by atoms with Crippen LogP contribution in [-0.2, 0) is 24.6 Å². The molecule has 0 bridgehead atoms. The number of carbonyl (C=O) groups is 2. The third-order valence-corrected chi connectivity index (χ3v) is 7.52. The maximum absolute atomic E-state index is 13.7.